The van der Waals surface area contributed by atoms with Crippen molar-refractivity contribution in [3.8, 4) is 16.9 Å². The zero-order valence-electron chi connectivity index (χ0n) is 16.5. The van der Waals surface area contributed by atoms with Crippen LogP contribution >= 0.6 is 22.9 Å². The maximum Gasteiger partial charge on any atom is 0.435 e. The highest BCUT2D eigenvalue weighted by atomic mass is 35.5. The van der Waals surface area contributed by atoms with Gasteiger partial charge in [0, 0.05) is 11.1 Å². The number of nitrogens with one attached hydrogen (secondary N) is 1. The molecular weight excluding hydrogens is 463 g/mol. The van der Waals surface area contributed by atoms with E-state index in [0.29, 0.717) is 28.4 Å². The molecule has 2 heterocycles. The van der Waals surface area contributed by atoms with Gasteiger partial charge in [0.15, 0.2) is 5.69 Å². The lowest BCUT2D eigenvalue weighted by molar-refractivity contribution is -0.141. The Balaban J connectivity index is 1.67. The molecule has 1 amide bonds. The highest BCUT2D eigenvalue weighted by Crippen LogP contribution is 2.34. The molecule has 0 fully saturated rings. The number of rotatable bonds is 5. The number of aromatic nitrogens is 4. The van der Waals surface area contributed by atoms with Crippen molar-refractivity contribution in [1.82, 2.24) is 20.0 Å². The molecule has 0 aliphatic rings. The van der Waals surface area contributed by atoms with Crippen LogP contribution in [0.5, 0.6) is 0 Å². The molecule has 2 aromatic heterocycles. The minimum absolute atomic E-state index is 0.189. The van der Waals surface area contributed by atoms with Crippen LogP contribution in [-0.2, 0) is 12.6 Å². The van der Waals surface area contributed by atoms with E-state index in [-0.39, 0.29) is 10.7 Å². The zero-order valence-corrected chi connectivity index (χ0v) is 18.1. The first-order valence-electron chi connectivity index (χ1n) is 9.42. The summed E-state index contributed by atoms with van der Waals surface area (Å²) in [7, 11) is 0. The molecule has 0 saturated heterocycles. The number of hydrogen-bond acceptors (Lipinski definition) is 5. The zero-order chi connectivity index (χ0) is 22.9. The molecule has 164 valence electrons. The predicted octanol–water partition coefficient (Wildman–Crippen LogP) is 5.88. The molecule has 0 unspecified atom stereocenters. The lowest BCUT2D eigenvalue weighted by Gasteiger charge is -2.10. The average Bonchev–Trinajstić information content (AvgIpc) is 3.41. The van der Waals surface area contributed by atoms with Gasteiger partial charge in [-0.05, 0) is 36.8 Å². The molecule has 0 atom stereocenters. The predicted molar refractivity (Wildman–Crippen MR) is 116 cm³/mol. The molecular formula is C21H15ClF3N5OS. The SMILES string of the molecule is CCc1nnc(NC(=O)c2ccc(-c3cc(C(F)(F)F)nn3-c3ccccc3Cl)cc2)s1. The molecule has 4 aromatic rings. The number of alkyl halides is 3. The molecule has 0 saturated carbocycles. The molecule has 0 aliphatic heterocycles. The van der Waals surface area contributed by atoms with Gasteiger partial charge in [0.2, 0.25) is 5.13 Å². The Morgan fingerprint density at radius 1 is 1.12 bits per heavy atom. The first kappa shape index (κ1) is 22.0. The maximum atomic E-state index is 13.3. The quantitative estimate of drug-likeness (QED) is 0.389. The molecule has 32 heavy (non-hydrogen) atoms. The first-order chi connectivity index (χ1) is 15.3. The van der Waals surface area contributed by atoms with Gasteiger partial charge in [-0.2, -0.15) is 18.3 Å². The van der Waals surface area contributed by atoms with E-state index >= 15 is 0 Å². The summed E-state index contributed by atoms with van der Waals surface area (Å²) in [5.74, 6) is -0.397. The number of carbonyl (C=O) groups is 1. The maximum absolute atomic E-state index is 13.3. The van der Waals surface area contributed by atoms with E-state index in [2.05, 4.69) is 20.6 Å². The van der Waals surface area contributed by atoms with Gasteiger partial charge in [0.1, 0.15) is 5.01 Å². The van der Waals surface area contributed by atoms with Crippen LogP contribution in [0, 0.1) is 0 Å². The van der Waals surface area contributed by atoms with Gasteiger partial charge in [-0.3, -0.25) is 10.1 Å². The van der Waals surface area contributed by atoms with E-state index in [1.54, 1.807) is 36.4 Å². The molecule has 0 radical (unpaired) electrons. The summed E-state index contributed by atoms with van der Waals surface area (Å²) in [5, 5.41) is 15.7. The van der Waals surface area contributed by atoms with Crippen LogP contribution in [-0.4, -0.2) is 25.9 Å². The van der Waals surface area contributed by atoms with Crippen LogP contribution in [0.2, 0.25) is 5.02 Å². The summed E-state index contributed by atoms with van der Waals surface area (Å²) in [4.78, 5) is 12.5. The van der Waals surface area contributed by atoms with Crippen molar-refractivity contribution in [2.24, 2.45) is 0 Å². The summed E-state index contributed by atoms with van der Waals surface area (Å²) < 4.78 is 41.2. The fourth-order valence-corrected chi connectivity index (χ4v) is 3.83. The van der Waals surface area contributed by atoms with Gasteiger partial charge in [0.05, 0.1) is 16.4 Å². The monoisotopic (exact) mass is 477 g/mol. The van der Waals surface area contributed by atoms with Crippen LogP contribution in [0.1, 0.15) is 28.0 Å². The van der Waals surface area contributed by atoms with E-state index in [1.807, 2.05) is 6.92 Å². The summed E-state index contributed by atoms with van der Waals surface area (Å²) in [6, 6.07) is 13.6. The van der Waals surface area contributed by atoms with E-state index in [4.69, 9.17) is 11.6 Å². The number of aryl methyl sites for hydroxylation is 1. The standard InChI is InChI=1S/C21H15ClF3N5OS/c1-2-18-27-28-20(32-18)26-19(31)13-9-7-12(8-10-13)16-11-17(21(23,24)25)29-30(16)15-6-4-3-5-14(15)22/h3-11H,2H2,1H3,(H,26,28,31). The highest BCUT2D eigenvalue weighted by molar-refractivity contribution is 7.15. The summed E-state index contributed by atoms with van der Waals surface area (Å²) >= 11 is 7.47. The third-order valence-electron chi connectivity index (χ3n) is 4.51. The van der Waals surface area contributed by atoms with E-state index in [9.17, 15) is 18.0 Å². The number of benzene rings is 2. The Bertz CT molecular complexity index is 1270. The van der Waals surface area contributed by atoms with Crippen molar-refractivity contribution in [2.45, 2.75) is 19.5 Å². The normalized spacial score (nSPS) is 11.5. The topological polar surface area (TPSA) is 72.7 Å². The lowest BCUT2D eigenvalue weighted by atomic mass is 10.1. The third-order valence-corrected chi connectivity index (χ3v) is 5.82. The second-order valence-corrected chi connectivity index (χ2v) is 8.13. The van der Waals surface area contributed by atoms with Crippen molar-refractivity contribution >= 4 is 34.0 Å². The second kappa shape index (κ2) is 8.71. The lowest BCUT2D eigenvalue weighted by Crippen LogP contribution is -2.11. The highest BCUT2D eigenvalue weighted by Gasteiger charge is 2.35. The fraction of sp³-hybridized carbons (Fsp3) is 0.143. The first-order valence-corrected chi connectivity index (χ1v) is 10.6. The van der Waals surface area contributed by atoms with Gasteiger partial charge in [-0.15, -0.1) is 10.2 Å². The second-order valence-electron chi connectivity index (χ2n) is 6.66. The Labute approximate surface area is 189 Å². The average molecular weight is 478 g/mol. The number of amides is 1. The number of para-hydroxylation sites is 1. The van der Waals surface area contributed by atoms with E-state index in [0.717, 1.165) is 15.8 Å². The Morgan fingerprint density at radius 2 is 1.84 bits per heavy atom. The van der Waals surface area contributed by atoms with Crippen molar-refractivity contribution < 1.29 is 18.0 Å². The minimum Gasteiger partial charge on any atom is -0.296 e. The number of halogens is 4. The Hall–Kier alpha value is -3.24. The van der Waals surface area contributed by atoms with Gasteiger partial charge in [-0.25, -0.2) is 4.68 Å². The number of nitrogens with zero attached hydrogens (tertiary/aromatic N) is 4. The van der Waals surface area contributed by atoms with Crippen LogP contribution in [0.15, 0.2) is 54.6 Å². The Morgan fingerprint density at radius 3 is 2.47 bits per heavy atom. The van der Waals surface area contributed by atoms with Crippen molar-refractivity contribution in [1.29, 1.82) is 0 Å². The van der Waals surface area contributed by atoms with Crippen molar-refractivity contribution in [2.75, 3.05) is 5.32 Å². The van der Waals surface area contributed by atoms with Crippen LogP contribution in [0.3, 0.4) is 0 Å². The smallest absolute Gasteiger partial charge is 0.296 e. The minimum atomic E-state index is -4.62. The number of carbonyl (C=O) groups excluding carboxylic acids is 1. The van der Waals surface area contributed by atoms with Crippen molar-refractivity contribution in [3.05, 3.63) is 75.9 Å². The Kier molecular flexibility index (Phi) is 5.98. The molecule has 6 nitrogen and oxygen atoms in total. The van der Waals surface area contributed by atoms with Crippen LogP contribution < -0.4 is 5.32 Å². The van der Waals surface area contributed by atoms with Gasteiger partial charge >= 0.3 is 6.18 Å². The fourth-order valence-electron chi connectivity index (χ4n) is 2.94. The largest absolute Gasteiger partial charge is 0.435 e. The van der Waals surface area contributed by atoms with Crippen LogP contribution in [0.25, 0.3) is 16.9 Å². The summed E-state index contributed by atoms with van der Waals surface area (Å²) in [6.07, 6.45) is -3.92. The molecule has 0 spiro atoms. The summed E-state index contributed by atoms with van der Waals surface area (Å²) in [6.45, 7) is 1.93. The van der Waals surface area contributed by atoms with Crippen LogP contribution in [0.4, 0.5) is 18.3 Å². The molecule has 1 N–H and O–H groups in total. The summed E-state index contributed by atoms with van der Waals surface area (Å²) in [5.41, 5.74) is 0.214. The molecule has 11 heteroatoms. The molecule has 4 rings (SSSR count). The van der Waals surface area contributed by atoms with Gasteiger partial charge in [-0.1, -0.05) is 54.1 Å². The van der Waals surface area contributed by atoms with Crippen molar-refractivity contribution in [3.63, 3.8) is 0 Å². The molecule has 0 aliphatic carbocycles. The van der Waals surface area contributed by atoms with Gasteiger partial charge in [0.25, 0.3) is 5.91 Å². The molecule has 0 bridgehead atoms. The third kappa shape index (κ3) is 4.51. The number of anilines is 1. The van der Waals surface area contributed by atoms with Gasteiger partial charge < -0.3 is 0 Å². The number of hydrogen-bond donors (Lipinski definition) is 1. The van der Waals surface area contributed by atoms with E-state index < -0.39 is 17.8 Å². The van der Waals surface area contributed by atoms with E-state index in [1.165, 1.54) is 23.5 Å². The molecule has 2 aromatic carbocycles.